The van der Waals surface area contributed by atoms with Crippen LogP contribution in [0, 0.1) is 0 Å². The Morgan fingerprint density at radius 1 is 1.26 bits per heavy atom. The van der Waals surface area contributed by atoms with E-state index >= 15 is 0 Å². The first-order valence-electron chi connectivity index (χ1n) is 5.20. The monoisotopic (exact) mass is 314 g/mol. The van der Waals surface area contributed by atoms with Gasteiger partial charge in [-0.05, 0) is 23.7 Å². The minimum absolute atomic E-state index is 0.188. The molecule has 98 valence electrons. The van der Waals surface area contributed by atoms with E-state index in [4.69, 9.17) is 11.6 Å². The number of sulfonamides is 1. The van der Waals surface area contributed by atoms with Crippen molar-refractivity contribution in [2.45, 2.75) is 11.4 Å². The molecule has 9 heteroatoms. The van der Waals surface area contributed by atoms with Crippen LogP contribution in [-0.2, 0) is 16.6 Å². The highest BCUT2D eigenvalue weighted by Crippen LogP contribution is 2.30. The molecule has 0 fully saturated rings. The third-order valence-corrected chi connectivity index (χ3v) is 4.80. The molecule has 2 aromatic rings. The van der Waals surface area contributed by atoms with Gasteiger partial charge in [-0.1, -0.05) is 23.5 Å². The molecular weight excluding hydrogens is 308 g/mol. The van der Waals surface area contributed by atoms with Crippen LogP contribution in [-0.4, -0.2) is 25.0 Å². The van der Waals surface area contributed by atoms with E-state index in [1.54, 1.807) is 23.1 Å². The van der Waals surface area contributed by atoms with Gasteiger partial charge in [-0.2, -0.15) is 8.42 Å². The Balaban J connectivity index is 2.01. The topological polar surface area (TPSA) is 75.5 Å². The van der Waals surface area contributed by atoms with Gasteiger partial charge in [-0.3, -0.25) is 0 Å². The number of benzene rings is 1. The molecule has 0 saturated heterocycles. The van der Waals surface area contributed by atoms with Crippen molar-refractivity contribution in [3.63, 3.8) is 0 Å². The molecule has 2 heterocycles. The maximum Gasteiger partial charge on any atom is 0.285 e. The van der Waals surface area contributed by atoms with Gasteiger partial charge in [0.05, 0.1) is 12.2 Å². The van der Waals surface area contributed by atoms with Gasteiger partial charge < -0.3 is 4.90 Å². The Hall–Kier alpha value is -1.51. The van der Waals surface area contributed by atoms with Crippen molar-refractivity contribution in [3.05, 3.63) is 33.7 Å². The smallest absolute Gasteiger partial charge is 0.285 e. The highest BCUT2D eigenvalue weighted by atomic mass is 35.5. The largest absolute Gasteiger partial charge is 0.323 e. The maximum absolute atomic E-state index is 11.8. The zero-order chi connectivity index (χ0) is 13.5. The average Bonchev–Trinajstić information content (AvgIpc) is 2.79. The molecule has 0 radical (unpaired) electrons. The fraction of sp³-hybridized carbons (Fsp3) is 0.100. The van der Waals surface area contributed by atoms with Crippen LogP contribution in [0.2, 0.25) is 4.47 Å². The summed E-state index contributed by atoms with van der Waals surface area (Å²) in [5.41, 5.74) is 0.573. The molecule has 1 aromatic heterocycles. The standard InChI is InChI=1S/C10H7ClN4O2S2/c11-10-14-13-9(18-10)5-15-6-12-19(16,17)8-4-2-1-3-7(8)15/h1-4,6H,5H2. The van der Waals surface area contributed by atoms with Gasteiger partial charge in [0, 0.05) is 0 Å². The number of nitrogens with zero attached hydrogens (tertiary/aromatic N) is 4. The summed E-state index contributed by atoms with van der Waals surface area (Å²) >= 11 is 6.97. The van der Waals surface area contributed by atoms with Crippen molar-refractivity contribution in [1.29, 1.82) is 0 Å². The minimum Gasteiger partial charge on any atom is -0.323 e. The lowest BCUT2D eigenvalue weighted by Gasteiger charge is -2.23. The van der Waals surface area contributed by atoms with Gasteiger partial charge >= 0.3 is 0 Å². The molecule has 0 saturated carbocycles. The van der Waals surface area contributed by atoms with E-state index in [-0.39, 0.29) is 4.90 Å². The first-order chi connectivity index (χ1) is 9.06. The highest BCUT2D eigenvalue weighted by Gasteiger charge is 2.25. The summed E-state index contributed by atoms with van der Waals surface area (Å²) in [6, 6.07) is 6.69. The number of fused-ring (bicyclic) bond motifs is 1. The van der Waals surface area contributed by atoms with E-state index in [0.717, 1.165) is 0 Å². The van der Waals surface area contributed by atoms with Crippen molar-refractivity contribution < 1.29 is 8.42 Å². The van der Waals surface area contributed by atoms with Gasteiger partial charge in [0.15, 0.2) is 0 Å². The van der Waals surface area contributed by atoms with Crippen molar-refractivity contribution in [2.24, 2.45) is 4.40 Å². The lowest BCUT2D eigenvalue weighted by atomic mass is 10.3. The quantitative estimate of drug-likeness (QED) is 0.846. The SMILES string of the molecule is O=S1(=O)N=CN(Cc2nnc(Cl)s2)c2ccccc21. The predicted octanol–water partition coefficient (Wildman–Crippen LogP) is 1.93. The van der Waals surface area contributed by atoms with Crippen LogP contribution in [0.4, 0.5) is 5.69 Å². The maximum atomic E-state index is 11.8. The summed E-state index contributed by atoms with van der Waals surface area (Å²) in [6.45, 7) is 0.375. The van der Waals surface area contributed by atoms with Crippen molar-refractivity contribution >= 4 is 45.0 Å². The van der Waals surface area contributed by atoms with E-state index in [1.807, 2.05) is 0 Å². The minimum atomic E-state index is -3.59. The Labute approximate surface area is 118 Å². The second-order valence-electron chi connectivity index (χ2n) is 3.74. The number of aromatic nitrogens is 2. The van der Waals surface area contributed by atoms with Gasteiger partial charge in [-0.15, -0.1) is 14.6 Å². The molecule has 0 aliphatic carbocycles. The molecule has 0 spiro atoms. The fourth-order valence-corrected chi connectivity index (χ4v) is 3.64. The van der Waals surface area contributed by atoms with Crippen molar-refractivity contribution in [3.8, 4) is 0 Å². The van der Waals surface area contributed by atoms with E-state index in [2.05, 4.69) is 14.6 Å². The van der Waals surface area contributed by atoms with Crippen LogP contribution in [0.1, 0.15) is 5.01 Å². The average molecular weight is 315 g/mol. The molecule has 6 nitrogen and oxygen atoms in total. The zero-order valence-corrected chi connectivity index (χ0v) is 11.8. The molecule has 0 unspecified atom stereocenters. The third kappa shape index (κ3) is 2.34. The van der Waals surface area contributed by atoms with Gasteiger partial charge in [0.1, 0.15) is 16.2 Å². The first kappa shape index (κ1) is 12.5. The third-order valence-electron chi connectivity index (χ3n) is 2.53. The first-order valence-corrected chi connectivity index (χ1v) is 7.84. The molecule has 19 heavy (non-hydrogen) atoms. The fourth-order valence-electron chi connectivity index (χ4n) is 1.72. The molecule has 3 rings (SSSR count). The normalized spacial score (nSPS) is 16.4. The molecule has 0 atom stereocenters. The van der Waals surface area contributed by atoms with Crippen LogP contribution in [0.25, 0.3) is 0 Å². The number of para-hydroxylation sites is 1. The van der Waals surface area contributed by atoms with Gasteiger partial charge in [0.25, 0.3) is 10.0 Å². The van der Waals surface area contributed by atoms with Crippen LogP contribution < -0.4 is 4.90 Å². The van der Waals surface area contributed by atoms with Crippen LogP contribution in [0.3, 0.4) is 0 Å². The van der Waals surface area contributed by atoms with Gasteiger partial charge in [-0.25, -0.2) is 0 Å². The van der Waals surface area contributed by atoms with Crippen LogP contribution in [0.15, 0.2) is 33.6 Å². The predicted molar refractivity (Wildman–Crippen MR) is 73.2 cm³/mol. The van der Waals surface area contributed by atoms with Crippen molar-refractivity contribution in [2.75, 3.05) is 4.90 Å². The van der Waals surface area contributed by atoms with E-state index in [0.29, 0.717) is 21.7 Å². The second-order valence-corrected chi connectivity index (χ2v) is 6.99. The number of hydrogen-bond donors (Lipinski definition) is 0. The summed E-state index contributed by atoms with van der Waals surface area (Å²) in [5, 5.41) is 8.30. The summed E-state index contributed by atoms with van der Waals surface area (Å²) in [5.74, 6) is 0. The molecule has 0 N–H and O–H groups in total. The highest BCUT2D eigenvalue weighted by molar-refractivity contribution is 7.90. The molecule has 1 aliphatic heterocycles. The van der Waals surface area contributed by atoms with Crippen LogP contribution in [0.5, 0.6) is 0 Å². The Kier molecular flexibility index (Phi) is 3.00. The molecule has 0 bridgehead atoms. The molecule has 1 aliphatic rings. The Morgan fingerprint density at radius 2 is 2.05 bits per heavy atom. The summed E-state index contributed by atoms with van der Waals surface area (Å²) in [4.78, 5) is 1.89. The lowest BCUT2D eigenvalue weighted by Crippen LogP contribution is -2.26. The molecule has 0 amide bonds. The van der Waals surface area contributed by atoms with E-state index < -0.39 is 10.0 Å². The Bertz CT molecular complexity index is 756. The van der Waals surface area contributed by atoms with E-state index in [1.165, 1.54) is 23.7 Å². The number of anilines is 1. The second kappa shape index (κ2) is 4.55. The van der Waals surface area contributed by atoms with Gasteiger partial charge in [0.2, 0.25) is 4.47 Å². The Morgan fingerprint density at radius 3 is 2.79 bits per heavy atom. The summed E-state index contributed by atoms with van der Waals surface area (Å²) in [7, 11) is -3.59. The lowest BCUT2D eigenvalue weighted by molar-refractivity contribution is 0.597. The molecular formula is C10H7ClN4O2S2. The summed E-state index contributed by atoms with van der Waals surface area (Å²) in [6.07, 6.45) is 1.28. The number of hydrogen-bond acceptors (Lipinski definition) is 6. The van der Waals surface area contributed by atoms with E-state index in [9.17, 15) is 8.42 Å². The number of rotatable bonds is 2. The number of halogens is 1. The zero-order valence-electron chi connectivity index (χ0n) is 9.39. The summed E-state index contributed by atoms with van der Waals surface area (Å²) < 4.78 is 27.5. The van der Waals surface area contributed by atoms with Crippen LogP contribution >= 0.6 is 22.9 Å². The van der Waals surface area contributed by atoms with Crippen molar-refractivity contribution in [1.82, 2.24) is 10.2 Å². The molecule has 1 aromatic carbocycles.